The zero-order valence-corrected chi connectivity index (χ0v) is 14.6. The van der Waals surface area contributed by atoms with E-state index in [9.17, 15) is 4.79 Å². The van der Waals surface area contributed by atoms with Crippen LogP contribution in [-0.2, 0) is 9.53 Å². The second kappa shape index (κ2) is 5.06. The molecule has 0 aromatic rings. The fraction of sp³-hybridized carbons (Fsp3) is 0.950. The van der Waals surface area contributed by atoms with Crippen LogP contribution in [0.3, 0.4) is 0 Å². The van der Waals surface area contributed by atoms with Crippen LogP contribution in [0.15, 0.2) is 0 Å². The van der Waals surface area contributed by atoms with Gasteiger partial charge in [0.25, 0.3) is 0 Å². The molecule has 4 aliphatic rings. The Hall–Kier alpha value is -0.370. The Morgan fingerprint density at radius 2 is 1.82 bits per heavy atom. The molecule has 0 N–H and O–H groups in total. The highest BCUT2D eigenvalue weighted by atomic mass is 16.5. The fourth-order valence-corrected chi connectivity index (χ4v) is 7.20. The van der Waals surface area contributed by atoms with Crippen molar-refractivity contribution in [2.75, 3.05) is 7.11 Å². The third-order valence-electron chi connectivity index (χ3n) is 8.66. The molecule has 0 unspecified atom stereocenters. The minimum atomic E-state index is 0.0358. The average Bonchev–Trinajstić information content (AvgIpc) is 2.82. The normalized spacial score (nSPS) is 54.5. The summed E-state index contributed by atoms with van der Waals surface area (Å²) in [5, 5.41) is 0. The second-order valence-electron chi connectivity index (χ2n) is 9.21. The maximum atomic E-state index is 12.4. The van der Waals surface area contributed by atoms with E-state index >= 15 is 0 Å². The number of ether oxygens (including phenoxy) is 1. The molecule has 124 valence electrons. The Morgan fingerprint density at radius 3 is 2.59 bits per heavy atom. The van der Waals surface area contributed by atoms with E-state index in [-0.39, 0.29) is 5.41 Å². The topological polar surface area (TPSA) is 26.3 Å². The number of carbonyl (C=O) groups excluding carboxylic acids is 1. The first-order valence-electron chi connectivity index (χ1n) is 9.55. The van der Waals surface area contributed by atoms with E-state index in [0.717, 1.165) is 30.6 Å². The van der Waals surface area contributed by atoms with E-state index in [1.54, 1.807) is 0 Å². The van der Waals surface area contributed by atoms with Gasteiger partial charge < -0.3 is 4.74 Å². The zero-order chi connectivity index (χ0) is 15.5. The largest absolute Gasteiger partial charge is 0.381 e. The minimum Gasteiger partial charge on any atom is -0.381 e. The van der Waals surface area contributed by atoms with Crippen molar-refractivity contribution in [2.45, 2.75) is 77.7 Å². The molecule has 2 heteroatoms. The SMILES string of the molecule is CO[C@@H]1CC[C@@]2(C)[C@@H](CC[C@@H]3[C@H]2CC[C@]2(C)C(=O)CC[C@H]32)C1. The Morgan fingerprint density at radius 1 is 1.00 bits per heavy atom. The summed E-state index contributed by atoms with van der Waals surface area (Å²) in [6.45, 7) is 4.87. The van der Waals surface area contributed by atoms with Gasteiger partial charge in [-0.3, -0.25) is 4.79 Å². The Balaban J connectivity index is 1.60. The molecule has 0 radical (unpaired) electrons. The number of methoxy groups -OCH3 is 1. The van der Waals surface area contributed by atoms with Gasteiger partial charge in [0, 0.05) is 18.9 Å². The van der Waals surface area contributed by atoms with Gasteiger partial charge in [0.15, 0.2) is 0 Å². The van der Waals surface area contributed by atoms with Crippen molar-refractivity contribution in [1.82, 2.24) is 0 Å². The molecule has 22 heavy (non-hydrogen) atoms. The standard InChI is InChI=1S/C20H32O2/c1-19-10-8-14(22-3)12-13(19)4-5-15-16-6-7-18(21)20(16,2)11-9-17(15)19/h13-17H,4-12H2,1-3H3/t13-,14+,15-,16+,17+,19-,20-/m0/s1. The van der Waals surface area contributed by atoms with Gasteiger partial charge in [-0.2, -0.15) is 0 Å². The zero-order valence-electron chi connectivity index (χ0n) is 14.6. The molecule has 4 aliphatic carbocycles. The van der Waals surface area contributed by atoms with Gasteiger partial charge in [0.2, 0.25) is 0 Å². The molecule has 0 aromatic carbocycles. The maximum Gasteiger partial charge on any atom is 0.139 e. The van der Waals surface area contributed by atoms with Crippen LogP contribution in [0.25, 0.3) is 0 Å². The van der Waals surface area contributed by atoms with E-state index in [1.165, 1.54) is 44.9 Å². The number of Topliss-reactive ketones (excluding diaryl/α,β-unsaturated/α-hetero) is 1. The molecule has 0 aliphatic heterocycles. The number of rotatable bonds is 1. The molecule has 4 fully saturated rings. The number of ketones is 1. The monoisotopic (exact) mass is 304 g/mol. The van der Waals surface area contributed by atoms with E-state index in [1.807, 2.05) is 7.11 Å². The van der Waals surface area contributed by atoms with Gasteiger partial charge in [-0.05, 0) is 80.5 Å². The molecule has 7 atom stereocenters. The molecule has 0 aromatic heterocycles. The second-order valence-corrected chi connectivity index (χ2v) is 9.21. The van der Waals surface area contributed by atoms with Crippen LogP contribution in [-0.4, -0.2) is 19.0 Å². The Bertz CT molecular complexity index is 472. The summed E-state index contributed by atoms with van der Waals surface area (Å²) < 4.78 is 5.68. The number of carbonyl (C=O) groups is 1. The number of hydrogen-bond acceptors (Lipinski definition) is 2. The summed E-state index contributed by atoms with van der Waals surface area (Å²) >= 11 is 0. The highest BCUT2D eigenvalue weighted by molar-refractivity contribution is 5.87. The number of hydrogen-bond donors (Lipinski definition) is 0. The molecule has 0 bridgehead atoms. The van der Waals surface area contributed by atoms with Crippen LogP contribution >= 0.6 is 0 Å². The van der Waals surface area contributed by atoms with Crippen LogP contribution in [0, 0.1) is 34.5 Å². The van der Waals surface area contributed by atoms with Crippen LogP contribution in [0.2, 0.25) is 0 Å². The lowest BCUT2D eigenvalue weighted by molar-refractivity contribution is -0.143. The summed E-state index contributed by atoms with van der Waals surface area (Å²) in [5.41, 5.74) is 0.555. The molecule has 4 saturated carbocycles. The summed E-state index contributed by atoms with van der Waals surface area (Å²) in [4.78, 5) is 12.4. The highest BCUT2D eigenvalue weighted by Crippen LogP contribution is 2.65. The average molecular weight is 304 g/mol. The third kappa shape index (κ3) is 1.92. The van der Waals surface area contributed by atoms with Crippen molar-refractivity contribution in [3.05, 3.63) is 0 Å². The van der Waals surface area contributed by atoms with Crippen LogP contribution < -0.4 is 0 Å². The summed E-state index contributed by atoms with van der Waals surface area (Å²) in [7, 11) is 1.88. The quantitative estimate of drug-likeness (QED) is 0.707. The van der Waals surface area contributed by atoms with Crippen LogP contribution in [0.5, 0.6) is 0 Å². The Labute approximate surface area is 135 Å². The summed E-state index contributed by atoms with van der Waals surface area (Å²) in [5.74, 6) is 3.82. The lowest BCUT2D eigenvalue weighted by Crippen LogP contribution is -2.54. The molecule has 0 amide bonds. The predicted octanol–water partition coefficient (Wildman–Crippen LogP) is 4.61. The van der Waals surface area contributed by atoms with E-state index in [2.05, 4.69) is 13.8 Å². The van der Waals surface area contributed by atoms with Crippen LogP contribution in [0.4, 0.5) is 0 Å². The number of fused-ring (bicyclic) bond motifs is 5. The molecule has 2 nitrogen and oxygen atoms in total. The van der Waals surface area contributed by atoms with Crippen molar-refractivity contribution < 1.29 is 9.53 Å². The smallest absolute Gasteiger partial charge is 0.139 e. The lowest BCUT2D eigenvalue weighted by Gasteiger charge is -2.60. The molecular weight excluding hydrogens is 272 g/mol. The Kier molecular flexibility index (Phi) is 3.49. The van der Waals surface area contributed by atoms with Gasteiger partial charge in [0.05, 0.1) is 6.10 Å². The van der Waals surface area contributed by atoms with Crippen molar-refractivity contribution in [3.63, 3.8) is 0 Å². The van der Waals surface area contributed by atoms with Crippen molar-refractivity contribution in [1.29, 1.82) is 0 Å². The first kappa shape index (κ1) is 15.2. The third-order valence-corrected chi connectivity index (χ3v) is 8.66. The first-order valence-corrected chi connectivity index (χ1v) is 9.55. The van der Waals surface area contributed by atoms with E-state index < -0.39 is 0 Å². The molecule has 0 heterocycles. The van der Waals surface area contributed by atoms with Gasteiger partial charge in [-0.15, -0.1) is 0 Å². The highest BCUT2D eigenvalue weighted by Gasteiger charge is 2.60. The molecule has 0 spiro atoms. The minimum absolute atomic E-state index is 0.0358. The van der Waals surface area contributed by atoms with Crippen molar-refractivity contribution >= 4 is 5.78 Å². The van der Waals surface area contributed by atoms with Crippen molar-refractivity contribution in [3.8, 4) is 0 Å². The lowest BCUT2D eigenvalue weighted by atomic mass is 9.45. The predicted molar refractivity (Wildman–Crippen MR) is 87.5 cm³/mol. The summed E-state index contributed by atoms with van der Waals surface area (Å²) in [6.07, 6.45) is 11.6. The van der Waals surface area contributed by atoms with Gasteiger partial charge in [-0.1, -0.05) is 13.8 Å². The summed E-state index contributed by atoms with van der Waals surface area (Å²) in [6, 6.07) is 0. The maximum absolute atomic E-state index is 12.4. The first-order chi connectivity index (χ1) is 10.5. The van der Waals surface area contributed by atoms with Crippen LogP contribution in [0.1, 0.15) is 71.6 Å². The van der Waals surface area contributed by atoms with Gasteiger partial charge in [-0.25, -0.2) is 0 Å². The van der Waals surface area contributed by atoms with Gasteiger partial charge >= 0.3 is 0 Å². The fourth-order valence-electron chi connectivity index (χ4n) is 7.20. The molecule has 0 saturated heterocycles. The molecular formula is C20H32O2. The van der Waals surface area contributed by atoms with E-state index in [0.29, 0.717) is 23.2 Å². The van der Waals surface area contributed by atoms with E-state index in [4.69, 9.17) is 4.74 Å². The van der Waals surface area contributed by atoms with Crippen molar-refractivity contribution in [2.24, 2.45) is 34.5 Å². The van der Waals surface area contributed by atoms with Gasteiger partial charge in [0.1, 0.15) is 5.78 Å². The molecule has 4 rings (SSSR count).